The minimum absolute atomic E-state index is 0.469. The quantitative estimate of drug-likeness (QED) is 0.578. The highest BCUT2D eigenvalue weighted by Gasteiger charge is 1.93. The van der Waals surface area contributed by atoms with Crippen molar-refractivity contribution in [2.75, 3.05) is 12.4 Å². The van der Waals surface area contributed by atoms with E-state index in [1.807, 2.05) is 0 Å². The van der Waals surface area contributed by atoms with E-state index in [2.05, 4.69) is 19.2 Å². The lowest BCUT2D eigenvalue weighted by molar-refractivity contribution is 0.588. The van der Waals surface area contributed by atoms with E-state index in [0.717, 1.165) is 6.54 Å². The zero-order valence-corrected chi connectivity index (χ0v) is 6.33. The Morgan fingerprint density at radius 2 is 2.25 bits per heavy atom. The smallest absolute Gasteiger partial charge is 0.0374 e. The summed E-state index contributed by atoms with van der Waals surface area (Å²) in [5, 5.41) is 3.25. The monoisotopic (exact) mass is 135 g/mol. The number of alkyl halides is 1. The van der Waals surface area contributed by atoms with E-state index in [4.69, 9.17) is 11.6 Å². The molecule has 0 aliphatic rings. The lowest BCUT2D eigenvalue weighted by atomic mass is 10.4. The Morgan fingerprint density at radius 3 is 2.62 bits per heavy atom. The van der Waals surface area contributed by atoms with E-state index in [1.165, 1.54) is 6.42 Å². The van der Waals surface area contributed by atoms with E-state index >= 15 is 0 Å². The lowest BCUT2D eigenvalue weighted by Crippen LogP contribution is -2.27. The Hall–Kier alpha value is 0.250. The first-order valence-corrected chi connectivity index (χ1v) is 3.64. The van der Waals surface area contributed by atoms with E-state index in [1.54, 1.807) is 0 Å². The first-order valence-electron chi connectivity index (χ1n) is 3.10. The van der Waals surface area contributed by atoms with Gasteiger partial charge >= 0.3 is 0 Å². The molecule has 0 aromatic heterocycles. The minimum Gasteiger partial charge on any atom is -0.313 e. The standard InChI is InChI=1S/C6H14ClN/c1-3-4-8-6(2)5-7/h6,8H,3-5H2,1-2H3. The van der Waals surface area contributed by atoms with Crippen molar-refractivity contribution in [2.45, 2.75) is 26.3 Å². The molecule has 1 N–H and O–H groups in total. The molecule has 0 radical (unpaired) electrons. The topological polar surface area (TPSA) is 12.0 Å². The van der Waals surface area contributed by atoms with Gasteiger partial charge in [0.05, 0.1) is 0 Å². The molecule has 0 rings (SSSR count). The highest BCUT2D eigenvalue weighted by molar-refractivity contribution is 6.18. The summed E-state index contributed by atoms with van der Waals surface area (Å²) in [6.45, 7) is 5.31. The molecule has 0 bridgehead atoms. The summed E-state index contributed by atoms with van der Waals surface area (Å²) in [4.78, 5) is 0. The van der Waals surface area contributed by atoms with Gasteiger partial charge in [-0.25, -0.2) is 0 Å². The number of hydrogen-bond acceptors (Lipinski definition) is 1. The fourth-order valence-electron chi connectivity index (χ4n) is 0.445. The summed E-state index contributed by atoms with van der Waals surface area (Å²) in [6.07, 6.45) is 1.18. The van der Waals surface area contributed by atoms with E-state index < -0.39 is 0 Å². The molecular weight excluding hydrogens is 122 g/mol. The summed E-state index contributed by atoms with van der Waals surface area (Å²) < 4.78 is 0. The van der Waals surface area contributed by atoms with Crippen molar-refractivity contribution in [1.82, 2.24) is 5.32 Å². The van der Waals surface area contributed by atoms with Gasteiger partial charge in [0.1, 0.15) is 0 Å². The first kappa shape index (κ1) is 8.25. The Kier molecular flexibility index (Phi) is 5.56. The maximum absolute atomic E-state index is 5.53. The lowest BCUT2D eigenvalue weighted by Gasteiger charge is -2.07. The van der Waals surface area contributed by atoms with Crippen LogP contribution in [0.4, 0.5) is 0 Å². The van der Waals surface area contributed by atoms with Crippen LogP contribution in [-0.4, -0.2) is 18.5 Å². The van der Waals surface area contributed by atoms with Crippen LogP contribution in [0.15, 0.2) is 0 Å². The van der Waals surface area contributed by atoms with Gasteiger partial charge in [0.15, 0.2) is 0 Å². The molecule has 1 unspecified atom stereocenters. The van der Waals surface area contributed by atoms with Crippen LogP contribution in [0.25, 0.3) is 0 Å². The van der Waals surface area contributed by atoms with Crippen LogP contribution >= 0.6 is 11.6 Å². The minimum atomic E-state index is 0.469. The summed E-state index contributed by atoms with van der Waals surface area (Å²) in [7, 11) is 0. The maximum atomic E-state index is 5.53. The SMILES string of the molecule is CCCNC(C)CCl. The fourth-order valence-corrected chi connectivity index (χ4v) is 0.554. The predicted molar refractivity (Wildman–Crippen MR) is 38.5 cm³/mol. The van der Waals surface area contributed by atoms with Crippen LogP contribution < -0.4 is 5.32 Å². The average Bonchev–Trinajstić information content (AvgIpc) is 1.83. The molecule has 0 saturated carbocycles. The molecule has 0 fully saturated rings. The van der Waals surface area contributed by atoms with Gasteiger partial charge in [-0.3, -0.25) is 0 Å². The second kappa shape index (κ2) is 5.39. The van der Waals surface area contributed by atoms with Crippen molar-refractivity contribution in [2.24, 2.45) is 0 Å². The van der Waals surface area contributed by atoms with Crippen LogP contribution in [-0.2, 0) is 0 Å². The van der Waals surface area contributed by atoms with Gasteiger partial charge in [0.2, 0.25) is 0 Å². The van der Waals surface area contributed by atoms with Crippen molar-refractivity contribution >= 4 is 11.6 Å². The number of nitrogens with one attached hydrogen (secondary N) is 1. The first-order chi connectivity index (χ1) is 3.81. The molecule has 0 heterocycles. The second-order valence-electron chi connectivity index (χ2n) is 2.01. The molecule has 0 spiro atoms. The van der Waals surface area contributed by atoms with Crippen molar-refractivity contribution in [3.05, 3.63) is 0 Å². The third-order valence-electron chi connectivity index (χ3n) is 0.974. The van der Waals surface area contributed by atoms with Gasteiger partial charge in [-0.05, 0) is 19.9 Å². The second-order valence-corrected chi connectivity index (χ2v) is 2.32. The van der Waals surface area contributed by atoms with E-state index in [-0.39, 0.29) is 0 Å². The van der Waals surface area contributed by atoms with Gasteiger partial charge in [-0.2, -0.15) is 0 Å². The maximum Gasteiger partial charge on any atom is 0.0374 e. The molecule has 8 heavy (non-hydrogen) atoms. The third kappa shape index (κ3) is 4.41. The Labute approximate surface area is 56.4 Å². The molecule has 0 aromatic carbocycles. The molecule has 1 nitrogen and oxygen atoms in total. The third-order valence-corrected chi connectivity index (χ3v) is 1.44. The fraction of sp³-hybridized carbons (Fsp3) is 1.00. The van der Waals surface area contributed by atoms with E-state index in [0.29, 0.717) is 11.9 Å². The van der Waals surface area contributed by atoms with Crippen LogP contribution in [0.1, 0.15) is 20.3 Å². The Balaban J connectivity index is 2.86. The van der Waals surface area contributed by atoms with Gasteiger partial charge in [-0.15, -0.1) is 11.6 Å². The highest BCUT2D eigenvalue weighted by Crippen LogP contribution is 1.84. The molecule has 1 atom stereocenters. The zero-order chi connectivity index (χ0) is 6.41. The van der Waals surface area contributed by atoms with Gasteiger partial charge in [0.25, 0.3) is 0 Å². The number of rotatable bonds is 4. The highest BCUT2D eigenvalue weighted by atomic mass is 35.5. The van der Waals surface area contributed by atoms with Crippen molar-refractivity contribution in [1.29, 1.82) is 0 Å². The Morgan fingerprint density at radius 1 is 1.62 bits per heavy atom. The molecule has 2 heteroatoms. The van der Waals surface area contributed by atoms with Crippen molar-refractivity contribution in [3.8, 4) is 0 Å². The largest absolute Gasteiger partial charge is 0.313 e. The molecule has 0 aromatic rings. The molecule has 0 amide bonds. The van der Waals surface area contributed by atoms with Crippen molar-refractivity contribution in [3.63, 3.8) is 0 Å². The summed E-state index contributed by atoms with van der Waals surface area (Å²) in [6, 6.07) is 0.469. The summed E-state index contributed by atoms with van der Waals surface area (Å²) >= 11 is 5.53. The summed E-state index contributed by atoms with van der Waals surface area (Å²) in [5.74, 6) is 0.708. The number of hydrogen-bond donors (Lipinski definition) is 1. The van der Waals surface area contributed by atoms with Crippen molar-refractivity contribution < 1.29 is 0 Å². The molecule has 50 valence electrons. The molecule has 0 saturated heterocycles. The van der Waals surface area contributed by atoms with Crippen LogP contribution in [0.5, 0.6) is 0 Å². The van der Waals surface area contributed by atoms with Crippen LogP contribution in [0.2, 0.25) is 0 Å². The van der Waals surface area contributed by atoms with Crippen LogP contribution in [0, 0.1) is 0 Å². The Bertz CT molecular complexity index is 47.8. The number of halogens is 1. The normalized spacial score (nSPS) is 13.9. The van der Waals surface area contributed by atoms with Gasteiger partial charge in [-0.1, -0.05) is 6.92 Å². The van der Waals surface area contributed by atoms with Crippen LogP contribution in [0.3, 0.4) is 0 Å². The predicted octanol–water partition coefficient (Wildman–Crippen LogP) is 1.61. The van der Waals surface area contributed by atoms with Gasteiger partial charge < -0.3 is 5.32 Å². The van der Waals surface area contributed by atoms with Gasteiger partial charge in [0, 0.05) is 11.9 Å². The molecular formula is C6H14ClN. The average molecular weight is 136 g/mol. The summed E-state index contributed by atoms with van der Waals surface area (Å²) in [5.41, 5.74) is 0. The molecule has 0 aliphatic heterocycles. The molecule has 0 aliphatic carbocycles. The van der Waals surface area contributed by atoms with E-state index in [9.17, 15) is 0 Å². The zero-order valence-electron chi connectivity index (χ0n) is 5.58.